The van der Waals surface area contributed by atoms with Crippen molar-refractivity contribution in [1.82, 2.24) is 0 Å². The summed E-state index contributed by atoms with van der Waals surface area (Å²) in [6.45, 7) is 0. The molecule has 0 spiro atoms. The first kappa shape index (κ1) is 10.6. The topological polar surface area (TPSA) is 80.4 Å². The van der Waals surface area contributed by atoms with Gasteiger partial charge in [0.15, 0.2) is 0 Å². The summed E-state index contributed by atoms with van der Waals surface area (Å²) in [5, 5.41) is 1.90. The highest BCUT2D eigenvalue weighted by Crippen LogP contribution is 2.10. The molecule has 0 bridgehead atoms. The lowest BCUT2D eigenvalue weighted by atomic mass is 10.2. The van der Waals surface area contributed by atoms with Crippen molar-refractivity contribution in [3.63, 3.8) is 0 Å². The van der Waals surface area contributed by atoms with Crippen LogP contribution in [0.15, 0.2) is 17.5 Å². The van der Waals surface area contributed by atoms with E-state index in [1.54, 1.807) is 0 Å². The van der Waals surface area contributed by atoms with Gasteiger partial charge in [0.1, 0.15) is 0 Å². The first-order valence-corrected chi connectivity index (χ1v) is 6.19. The molecule has 0 aliphatic rings. The molecule has 0 saturated carbocycles. The number of nitrogens with two attached hydrogens (primary N) is 1. The third-order valence-corrected chi connectivity index (χ3v) is 3.22. The van der Waals surface area contributed by atoms with E-state index in [0.717, 1.165) is 4.88 Å². The fourth-order valence-electron chi connectivity index (χ4n) is 1.02. The van der Waals surface area contributed by atoms with Crippen molar-refractivity contribution in [2.45, 2.75) is 12.5 Å². The molecular weight excluding hydrogens is 210 g/mol. The molecular formula is C7H11NO3S2. The molecule has 1 unspecified atom stereocenters. The van der Waals surface area contributed by atoms with E-state index in [1.807, 2.05) is 17.5 Å². The molecule has 4 nitrogen and oxygen atoms in total. The van der Waals surface area contributed by atoms with Gasteiger partial charge in [0, 0.05) is 10.9 Å². The summed E-state index contributed by atoms with van der Waals surface area (Å²) in [4.78, 5) is 1.02. The second kappa shape index (κ2) is 4.19. The first-order chi connectivity index (χ1) is 5.97. The Balaban J connectivity index is 2.47. The van der Waals surface area contributed by atoms with Gasteiger partial charge in [-0.15, -0.1) is 11.3 Å². The van der Waals surface area contributed by atoms with E-state index in [0.29, 0.717) is 6.42 Å². The van der Waals surface area contributed by atoms with Crippen LogP contribution in [0.1, 0.15) is 4.88 Å². The van der Waals surface area contributed by atoms with Crippen molar-refractivity contribution in [3.8, 4) is 0 Å². The molecule has 74 valence electrons. The van der Waals surface area contributed by atoms with Gasteiger partial charge < -0.3 is 5.73 Å². The van der Waals surface area contributed by atoms with Gasteiger partial charge in [0.25, 0.3) is 10.1 Å². The first-order valence-electron chi connectivity index (χ1n) is 3.70. The Kier molecular flexibility index (Phi) is 3.43. The Morgan fingerprint density at radius 1 is 1.62 bits per heavy atom. The van der Waals surface area contributed by atoms with Crippen LogP contribution in [-0.4, -0.2) is 24.8 Å². The minimum Gasteiger partial charge on any atom is -0.326 e. The highest BCUT2D eigenvalue weighted by Gasteiger charge is 2.13. The number of hydrogen-bond acceptors (Lipinski definition) is 4. The van der Waals surface area contributed by atoms with Crippen molar-refractivity contribution in [1.29, 1.82) is 0 Å². The van der Waals surface area contributed by atoms with Gasteiger partial charge in [0.05, 0.1) is 5.75 Å². The summed E-state index contributed by atoms with van der Waals surface area (Å²) in [6, 6.07) is 3.22. The summed E-state index contributed by atoms with van der Waals surface area (Å²) in [7, 11) is -3.95. The van der Waals surface area contributed by atoms with Gasteiger partial charge in [-0.3, -0.25) is 4.55 Å². The monoisotopic (exact) mass is 221 g/mol. The summed E-state index contributed by atoms with van der Waals surface area (Å²) in [5.41, 5.74) is 5.52. The predicted molar refractivity (Wildman–Crippen MR) is 52.4 cm³/mol. The number of rotatable bonds is 4. The van der Waals surface area contributed by atoms with Gasteiger partial charge >= 0.3 is 0 Å². The number of hydrogen-bond donors (Lipinski definition) is 2. The predicted octanol–water partition coefficient (Wildman–Crippen LogP) is 0.506. The molecule has 0 aliphatic heterocycles. The van der Waals surface area contributed by atoms with E-state index < -0.39 is 16.2 Å². The largest absolute Gasteiger partial charge is 0.326 e. The molecule has 13 heavy (non-hydrogen) atoms. The summed E-state index contributed by atoms with van der Waals surface area (Å²) < 4.78 is 29.4. The van der Waals surface area contributed by atoms with E-state index in [1.165, 1.54) is 11.3 Å². The minimum atomic E-state index is -3.95. The SMILES string of the molecule is NC(Cc1cccs1)CS(=O)(=O)O. The average molecular weight is 221 g/mol. The third kappa shape index (κ3) is 4.37. The lowest BCUT2D eigenvalue weighted by Gasteiger charge is -2.06. The zero-order valence-electron chi connectivity index (χ0n) is 6.88. The van der Waals surface area contributed by atoms with E-state index >= 15 is 0 Å². The summed E-state index contributed by atoms with van der Waals surface area (Å²) in [6.07, 6.45) is 0.484. The van der Waals surface area contributed by atoms with Crippen LogP contribution in [0.25, 0.3) is 0 Å². The Labute approximate surface area is 81.1 Å². The third-order valence-electron chi connectivity index (χ3n) is 1.47. The lowest BCUT2D eigenvalue weighted by molar-refractivity contribution is 0.476. The van der Waals surface area contributed by atoms with Gasteiger partial charge in [-0.25, -0.2) is 0 Å². The van der Waals surface area contributed by atoms with E-state index in [4.69, 9.17) is 10.3 Å². The summed E-state index contributed by atoms with van der Waals surface area (Å²) in [5.74, 6) is -0.384. The maximum Gasteiger partial charge on any atom is 0.266 e. The molecule has 0 fully saturated rings. The normalized spacial score (nSPS) is 14.3. The van der Waals surface area contributed by atoms with Crippen molar-refractivity contribution in [2.75, 3.05) is 5.75 Å². The standard InChI is InChI=1S/C7H11NO3S2/c8-6(5-13(9,10)11)4-7-2-1-3-12-7/h1-3,6H,4-5,8H2,(H,9,10,11). The zero-order valence-corrected chi connectivity index (χ0v) is 8.51. The van der Waals surface area contributed by atoms with Crippen molar-refractivity contribution in [2.24, 2.45) is 5.73 Å². The van der Waals surface area contributed by atoms with Crippen LogP contribution in [0, 0.1) is 0 Å². The molecule has 0 aliphatic carbocycles. The summed E-state index contributed by atoms with van der Waals surface area (Å²) >= 11 is 1.52. The quantitative estimate of drug-likeness (QED) is 0.726. The molecule has 6 heteroatoms. The fourth-order valence-corrected chi connectivity index (χ4v) is 2.47. The lowest BCUT2D eigenvalue weighted by Crippen LogP contribution is -2.31. The molecule has 0 amide bonds. The van der Waals surface area contributed by atoms with Crippen LogP contribution >= 0.6 is 11.3 Å². The van der Waals surface area contributed by atoms with Crippen LogP contribution in [0.2, 0.25) is 0 Å². The van der Waals surface area contributed by atoms with Gasteiger partial charge in [-0.05, 0) is 17.9 Å². The molecule has 1 rings (SSSR count). The second-order valence-corrected chi connectivity index (χ2v) is 5.32. The average Bonchev–Trinajstić information content (AvgIpc) is 2.34. The number of thiophene rings is 1. The maximum atomic E-state index is 10.4. The molecule has 0 aromatic carbocycles. The van der Waals surface area contributed by atoms with E-state index in [2.05, 4.69) is 0 Å². The van der Waals surface area contributed by atoms with Crippen LogP contribution < -0.4 is 5.73 Å². The molecule has 0 radical (unpaired) electrons. The van der Waals surface area contributed by atoms with Crippen LogP contribution in [0.4, 0.5) is 0 Å². The van der Waals surface area contributed by atoms with Crippen LogP contribution in [0.3, 0.4) is 0 Å². The van der Waals surface area contributed by atoms with Crippen LogP contribution in [-0.2, 0) is 16.5 Å². The Hall–Kier alpha value is -0.430. The van der Waals surface area contributed by atoms with Gasteiger partial charge in [-0.2, -0.15) is 8.42 Å². The molecule has 3 N–H and O–H groups in total. The Morgan fingerprint density at radius 2 is 2.31 bits per heavy atom. The van der Waals surface area contributed by atoms with Gasteiger partial charge in [0.2, 0.25) is 0 Å². The molecule has 1 aromatic rings. The molecule has 0 saturated heterocycles. The smallest absolute Gasteiger partial charge is 0.266 e. The molecule has 1 aromatic heterocycles. The van der Waals surface area contributed by atoms with Crippen LogP contribution in [0.5, 0.6) is 0 Å². The highest BCUT2D eigenvalue weighted by atomic mass is 32.2. The zero-order chi connectivity index (χ0) is 9.90. The molecule has 1 atom stereocenters. The van der Waals surface area contributed by atoms with E-state index in [9.17, 15) is 8.42 Å². The molecule has 1 heterocycles. The van der Waals surface area contributed by atoms with Crippen molar-refractivity contribution in [3.05, 3.63) is 22.4 Å². The Bertz CT molecular complexity index is 344. The van der Waals surface area contributed by atoms with Crippen molar-refractivity contribution < 1.29 is 13.0 Å². The van der Waals surface area contributed by atoms with E-state index in [-0.39, 0.29) is 5.75 Å². The second-order valence-electron chi connectivity index (χ2n) is 2.79. The van der Waals surface area contributed by atoms with Gasteiger partial charge in [-0.1, -0.05) is 6.07 Å². The highest BCUT2D eigenvalue weighted by molar-refractivity contribution is 7.85. The fraction of sp³-hybridized carbons (Fsp3) is 0.429. The Morgan fingerprint density at radius 3 is 2.77 bits per heavy atom. The maximum absolute atomic E-state index is 10.4. The van der Waals surface area contributed by atoms with Crippen molar-refractivity contribution >= 4 is 21.5 Å². The minimum absolute atomic E-state index is 0.384.